The van der Waals surface area contributed by atoms with Crippen LogP contribution in [0, 0.1) is 0 Å². The summed E-state index contributed by atoms with van der Waals surface area (Å²) in [6.45, 7) is -0.194. The molecule has 2 aliphatic rings. The van der Waals surface area contributed by atoms with Crippen molar-refractivity contribution in [3.05, 3.63) is 161 Å². The number of aliphatic hydroxyl groups excluding tert-OH is 2. The van der Waals surface area contributed by atoms with Gasteiger partial charge in [0.1, 0.15) is 31.0 Å². The van der Waals surface area contributed by atoms with E-state index < -0.39 is 47.9 Å². The molecule has 6 rings (SSSR count). The summed E-state index contributed by atoms with van der Waals surface area (Å²) >= 11 is 0. The molecule has 4 aromatic carbocycles. The van der Waals surface area contributed by atoms with Crippen molar-refractivity contribution in [2.75, 3.05) is 33.4 Å². The molecule has 0 saturated carbocycles. The second kappa shape index (κ2) is 18.0. The molecule has 0 spiro atoms. The fraction of sp³-hybridized carbons (Fsp3) is 0.279. The molecule has 0 aromatic heterocycles. The van der Waals surface area contributed by atoms with E-state index in [4.69, 9.17) is 24.1 Å². The van der Waals surface area contributed by atoms with Gasteiger partial charge in [-0.15, -0.1) is 0 Å². The number of amides is 2. The van der Waals surface area contributed by atoms with Crippen LogP contribution in [0.15, 0.2) is 133 Å². The summed E-state index contributed by atoms with van der Waals surface area (Å²) in [5.74, 6) is -2.87. The van der Waals surface area contributed by atoms with Gasteiger partial charge in [-0.05, 0) is 35.4 Å². The van der Waals surface area contributed by atoms with Crippen molar-refractivity contribution in [1.82, 2.24) is 10.2 Å². The smallest absolute Gasteiger partial charge is 0.338 e. The van der Waals surface area contributed by atoms with Crippen LogP contribution < -0.4 is 5.32 Å². The van der Waals surface area contributed by atoms with Gasteiger partial charge in [0.15, 0.2) is 0 Å². The number of aliphatic hydroxyl groups is 2. The molecule has 0 unspecified atom stereocenters. The van der Waals surface area contributed by atoms with Crippen LogP contribution in [-0.4, -0.2) is 90.7 Å². The number of hydrogen-bond acceptors (Lipinski definition) is 9. The minimum absolute atomic E-state index is 0.00991. The van der Waals surface area contributed by atoms with Crippen LogP contribution >= 0.6 is 0 Å². The summed E-state index contributed by atoms with van der Waals surface area (Å²) in [4.78, 5) is 43.1. The predicted molar refractivity (Wildman–Crippen MR) is 201 cm³/mol. The molecular formula is C43H44N2O9. The van der Waals surface area contributed by atoms with Gasteiger partial charge in [0.25, 0.3) is 0 Å². The van der Waals surface area contributed by atoms with Gasteiger partial charge < -0.3 is 39.4 Å². The Balaban J connectivity index is 1.34. The Kier molecular flexibility index (Phi) is 12.7. The summed E-state index contributed by atoms with van der Waals surface area (Å²) in [5, 5.41) is 21.1. The van der Waals surface area contributed by atoms with Crippen molar-refractivity contribution < 1.29 is 43.5 Å². The fourth-order valence-electron chi connectivity index (χ4n) is 6.71. The third-order valence-electron chi connectivity index (χ3n) is 9.38. The highest BCUT2D eigenvalue weighted by molar-refractivity contribution is 5.97. The molecule has 11 heteroatoms. The van der Waals surface area contributed by atoms with E-state index in [1.165, 1.54) is 11.2 Å². The first kappa shape index (κ1) is 38.1. The highest BCUT2D eigenvalue weighted by Crippen LogP contribution is 2.47. The maximum absolute atomic E-state index is 14.4. The van der Waals surface area contributed by atoms with Crippen LogP contribution in [0.1, 0.15) is 39.0 Å². The van der Waals surface area contributed by atoms with Gasteiger partial charge >= 0.3 is 5.97 Å². The van der Waals surface area contributed by atoms with E-state index >= 15 is 0 Å². The Hall–Kier alpha value is -5.59. The highest BCUT2D eigenvalue weighted by atomic mass is 16.8. The Bertz CT molecular complexity index is 1890. The molecule has 280 valence electrons. The second-order valence-electron chi connectivity index (χ2n) is 13.0. The molecule has 1 heterocycles. The third kappa shape index (κ3) is 8.78. The van der Waals surface area contributed by atoms with Gasteiger partial charge in [0.05, 0.1) is 25.0 Å². The first-order chi connectivity index (χ1) is 26.3. The monoisotopic (exact) mass is 732 g/mol. The SMILES string of the molecule is CN(C(=O)C1=C[C@H]2OC(c3ccccc3)(c3ccccc3)O[C@H]2[C@H](OC(=O)c2cccc(C=COCCO)c2)C1)[C@H](Cc1ccccc1)C(=O)NCCO. The van der Waals surface area contributed by atoms with Crippen molar-refractivity contribution in [3.8, 4) is 0 Å². The van der Waals surface area contributed by atoms with Crippen molar-refractivity contribution in [2.45, 2.75) is 43.0 Å². The van der Waals surface area contributed by atoms with Gasteiger partial charge in [-0.1, -0.05) is 103 Å². The third-order valence-corrected chi connectivity index (χ3v) is 9.38. The Morgan fingerprint density at radius 2 is 1.56 bits per heavy atom. The van der Waals surface area contributed by atoms with E-state index in [-0.39, 0.29) is 44.8 Å². The van der Waals surface area contributed by atoms with Crippen molar-refractivity contribution in [2.24, 2.45) is 0 Å². The molecule has 0 bridgehead atoms. The number of carbonyl (C=O) groups excluding carboxylic acids is 3. The molecule has 1 saturated heterocycles. The average molecular weight is 733 g/mol. The maximum Gasteiger partial charge on any atom is 0.338 e. The Morgan fingerprint density at radius 1 is 0.889 bits per heavy atom. The minimum Gasteiger partial charge on any atom is -0.499 e. The van der Waals surface area contributed by atoms with Gasteiger partial charge in [0.2, 0.25) is 17.6 Å². The van der Waals surface area contributed by atoms with Crippen LogP contribution in [0.25, 0.3) is 6.08 Å². The Labute approximate surface area is 314 Å². The molecule has 1 aliphatic carbocycles. The molecule has 4 aromatic rings. The fourth-order valence-corrected chi connectivity index (χ4v) is 6.71. The Morgan fingerprint density at radius 3 is 2.20 bits per heavy atom. The highest BCUT2D eigenvalue weighted by Gasteiger charge is 2.55. The molecule has 1 aliphatic heterocycles. The number of esters is 1. The lowest BCUT2D eigenvalue weighted by Crippen LogP contribution is -2.51. The van der Waals surface area contributed by atoms with E-state index in [0.717, 1.165) is 16.7 Å². The summed E-state index contributed by atoms with van der Waals surface area (Å²) < 4.78 is 25.2. The summed E-state index contributed by atoms with van der Waals surface area (Å²) in [5.41, 5.74) is 3.54. The molecule has 54 heavy (non-hydrogen) atoms. The zero-order valence-corrected chi connectivity index (χ0v) is 30.0. The molecule has 11 nitrogen and oxygen atoms in total. The van der Waals surface area contributed by atoms with Gasteiger partial charge in [-0.3, -0.25) is 9.59 Å². The van der Waals surface area contributed by atoms with Gasteiger partial charge in [-0.2, -0.15) is 0 Å². The van der Waals surface area contributed by atoms with Crippen LogP contribution in [-0.2, 0) is 40.7 Å². The van der Waals surface area contributed by atoms with Crippen LogP contribution in [0.3, 0.4) is 0 Å². The number of benzene rings is 4. The topological polar surface area (TPSA) is 144 Å². The van der Waals surface area contributed by atoms with Gasteiger partial charge in [-0.25, -0.2) is 4.79 Å². The number of nitrogens with zero attached hydrogens (tertiary/aromatic N) is 1. The number of hydrogen-bond donors (Lipinski definition) is 3. The number of ether oxygens (including phenoxy) is 4. The lowest BCUT2D eigenvalue weighted by Gasteiger charge is -2.33. The number of likely N-dealkylation sites (N-methyl/N-ethyl adjacent to an activating group) is 1. The molecule has 4 atom stereocenters. The molecule has 3 N–H and O–H groups in total. The summed E-state index contributed by atoms with van der Waals surface area (Å²) in [6, 6.07) is 34.2. The van der Waals surface area contributed by atoms with E-state index in [1.54, 1.807) is 43.5 Å². The second-order valence-corrected chi connectivity index (χ2v) is 13.0. The average Bonchev–Trinajstić information content (AvgIpc) is 3.62. The standard InChI is InChI=1S/C43H44N2O9/c1-45(36(40(48)44-21-22-46)27-30-12-5-2-6-13-30)41(49)33-28-37(52-42(50)32-15-11-14-31(26-32)20-24-51-25-23-47)39-38(29-33)53-43(54-39,34-16-7-3-8-17-34)35-18-9-4-10-19-35/h2-20,24,26,29,36-39,46-47H,21-23,25,27-28H2,1H3,(H,44,48)/t36-,37-,38-,39+/m1/s1. The van der Waals surface area contributed by atoms with Crippen LogP contribution in [0.5, 0.6) is 0 Å². The number of carbonyl (C=O) groups is 3. The van der Waals surface area contributed by atoms with E-state index in [1.807, 2.05) is 91.0 Å². The lowest BCUT2D eigenvalue weighted by molar-refractivity contribution is -0.157. The van der Waals surface area contributed by atoms with Crippen molar-refractivity contribution >= 4 is 23.9 Å². The lowest BCUT2D eigenvalue weighted by atomic mass is 9.90. The predicted octanol–water partition coefficient (Wildman–Crippen LogP) is 4.39. The quantitative estimate of drug-likeness (QED) is 0.0922. The van der Waals surface area contributed by atoms with Crippen molar-refractivity contribution in [3.63, 3.8) is 0 Å². The number of nitrogens with one attached hydrogen (secondary N) is 1. The first-order valence-corrected chi connectivity index (χ1v) is 17.9. The molecular weight excluding hydrogens is 688 g/mol. The first-order valence-electron chi connectivity index (χ1n) is 17.9. The van der Waals surface area contributed by atoms with Crippen molar-refractivity contribution in [1.29, 1.82) is 0 Å². The number of fused-ring (bicyclic) bond motifs is 1. The number of rotatable bonds is 15. The van der Waals surface area contributed by atoms with Crippen LogP contribution in [0.4, 0.5) is 0 Å². The zero-order valence-electron chi connectivity index (χ0n) is 30.0. The van der Waals surface area contributed by atoms with E-state index in [0.29, 0.717) is 11.1 Å². The van der Waals surface area contributed by atoms with Crippen LogP contribution in [0.2, 0.25) is 0 Å². The van der Waals surface area contributed by atoms with E-state index in [2.05, 4.69) is 5.32 Å². The zero-order chi connectivity index (χ0) is 37.9. The van der Waals surface area contributed by atoms with Gasteiger partial charge in [0, 0.05) is 43.1 Å². The molecule has 2 amide bonds. The summed E-state index contributed by atoms with van der Waals surface area (Å²) in [7, 11) is 1.57. The normalized spacial score (nSPS) is 19.3. The largest absolute Gasteiger partial charge is 0.499 e. The summed E-state index contributed by atoms with van der Waals surface area (Å²) in [6.07, 6.45) is 2.46. The molecule has 1 fully saturated rings. The maximum atomic E-state index is 14.4. The van der Waals surface area contributed by atoms with E-state index in [9.17, 15) is 19.5 Å². The minimum atomic E-state index is -1.39. The molecule has 0 radical (unpaired) electrons.